The Labute approximate surface area is 130 Å². The molecule has 2 aromatic rings. The first kappa shape index (κ1) is 15.9. The number of hydrogen-bond acceptors (Lipinski definition) is 3. The summed E-state index contributed by atoms with van der Waals surface area (Å²) in [5, 5.41) is 21.7. The average molecular weight is 299 g/mol. The molecule has 0 aliphatic carbocycles. The molecule has 1 atom stereocenters. The molecule has 0 heterocycles. The SMILES string of the molecule is CC(Cc1ccc(O)c(O)c1)C(=O)NCCc1ccccc1. The van der Waals surface area contributed by atoms with Crippen molar-refractivity contribution in [3.05, 3.63) is 59.7 Å². The van der Waals surface area contributed by atoms with Crippen LogP contribution in [-0.2, 0) is 17.6 Å². The predicted octanol–water partition coefficient (Wildman–Crippen LogP) is 2.64. The van der Waals surface area contributed by atoms with Gasteiger partial charge in [0.15, 0.2) is 11.5 Å². The van der Waals surface area contributed by atoms with E-state index in [0.717, 1.165) is 12.0 Å². The molecule has 0 radical (unpaired) electrons. The Balaban J connectivity index is 1.80. The second kappa shape index (κ2) is 7.50. The molecule has 3 N–H and O–H groups in total. The van der Waals surface area contributed by atoms with Gasteiger partial charge in [0, 0.05) is 12.5 Å². The second-order valence-corrected chi connectivity index (χ2v) is 5.45. The van der Waals surface area contributed by atoms with Gasteiger partial charge in [0.2, 0.25) is 5.91 Å². The Kier molecular flexibility index (Phi) is 5.42. The van der Waals surface area contributed by atoms with Gasteiger partial charge in [-0.15, -0.1) is 0 Å². The molecular formula is C18H21NO3. The van der Waals surface area contributed by atoms with Crippen LogP contribution in [0.4, 0.5) is 0 Å². The first-order valence-electron chi connectivity index (χ1n) is 7.38. The lowest BCUT2D eigenvalue weighted by Crippen LogP contribution is -2.31. The zero-order valence-corrected chi connectivity index (χ0v) is 12.6. The van der Waals surface area contributed by atoms with Crippen molar-refractivity contribution in [1.29, 1.82) is 0 Å². The lowest BCUT2D eigenvalue weighted by atomic mass is 10.00. The van der Waals surface area contributed by atoms with Crippen LogP contribution in [0.3, 0.4) is 0 Å². The number of aromatic hydroxyl groups is 2. The Bertz CT molecular complexity index is 625. The monoisotopic (exact) mass is 299 g/mol. The van der Waals surface area contributed by atoms with Crippen molar-refractivity contribution in [2.45, 2.75) is 19.8 Å². The topological polar surface area (TPSA) is 69.6 Å². The fourth-order valence-corrected chi connectivity index (χ4v) is 2.29. The van der Waals surface area contributed by atoms with Crippen LogP contribution in [0, 0.1) is 5.92 Å². The number of rotatable bonds is 6. The minimum atomic E-state index is -0.195. The van der Waals surface area contributed by atoms with Crippen molar-refractivity contribution in [3.63, 3.8) is 0 Å². The summed E-state index contributed by atoms with van der Waals surface area (Å²) in [5.41, 5.74) is 2.01. The van der Waals surface area contributed by atoms with Gasteiger partial charge in [0.1, 0.15) is 0 Å². The summed E-state index contributed by atoms with van der Waals surface area (Å²) >= 11 is 0. The van der Waals surface area contributed by atoms with E-state index in [1.807, 2.05) is 37.3 Å². The maximum Gasteiger partial charge on any atom is 0.223 e. The number of amides is 1. The highest BCUT2D eigenvalue weighted by molar-refractivity contribution is 5.78. The molecule has 4 heteroatoms. The van der Waals surface area contributed by atoms with Crippen molar-refractivity contribution in [1.82, 2.24) is 5.32 Å². The predicted molar refractivity (Wildman–Crippen MR) is 85.8 cm³/mol. The highest BCUT2D eigenvalue weighted by atomic mass is 16.3. The summed E-state index contributed by atoms with van der Waals surface area (Å²) in [5.74, 6) is -0.513. The van der Waals surface area contributed by atoms with E-state index in [1.54, 1.807) is 6.07 Å². The summed E-state index contributed by atoms with van der Waals surface area (Å²) in [6.45, 7) is 2.45. The van der Waals surface area contributed by atoms with Gasteiger partial charge in [0.05, 0.1) is 0 Å². The van der Waals surface area contributed by atoms with E-state index in [1.165, 1.54) is 17.7 Å². The first-order valence-corrected chi connectivity index (χ1v) is 7.38. The molecular weight excluding hydrogens is 278 g/mol. The van der Waals surface area contributed by atoms with E-state index < -0.39 is 0 Å². The van der Waals surface area contributed by atoms with E-state index in [2.05, 4.69) is 5.32 Å². The molecule has 0 saturated heterocycles. The summed E-state index contributed by atoms with van der Waals surface area (Å²) in [7, 11) is 0. The van der Waals surface area contributed by atoms with Crippen molar-refractivity contribution < 1.29 is 15.0 Å². The van der Waals surface area contributed by atoms with Crippen LogP contribution in [0.5, 0.6) is 11.5 Å². The van der Waals surface area contributed by atoms with Crippen LogP contribution in [-0.4, -0.2) is 22.7 Å². The fraction of sp³-hybridized carbons (Fsp3) is 0.278. The summed E-state index contributed by atoms with van der Waals surface area (Å²) < 4.78 is 0. The third-order valence-corrected chi connectivity index (χ3v) is 3.59. The Morgan fingerprint density at radius 2 is 1.77 bits per heavy atom. The maximum absolute atomic E-state index is 12.1. The molecule has 2 aromatic carbocycles. The molecule has 1 unspecified atom stereocenters. The average Bonchev–Trinajstić information content (AvgIpc) is 2.52. The van der Waals surface area contributed by atoms with Crippen LogP contribution >= 0.6 is 0 Å². The lowest BCUT2D eigenvalue weighted by molar-refractivity contribution is -0.124. The van der Waals surface area contributed by atoms with Crippen molar-refractivity contribution >= 4 is 5.91 Å². The molecule has 0 spiro atoms. The molecule has 22 heavy (non-hydrogen) atoms. The third-order valence-electron chi connectivity index (χ3n) is 3.59. The van der Waals surface area contributed by atoms with Gasteiger partial charge in [-0.1, -0.05) is 43.3 Å². The molecule has 0 bridgehead atoms. The van der Waals surface area contributed by atoms with Crippen molar-refractivity contribution in [2.75, 3.05) is 6.54 Å². The van der Waals surface area contributed by atoms with Gasteiger partial charge >= 0.3 is 0 Å². The van der Waals surface area contributed by atoms with Crippen LogP contribution in [0.15, 0.2) is 48.5 Å². The van der Waals surface area contributed by atoms with Gasteiger partial charge in [0.25, 0.3) is 0 Å². The van der Waals surface area contributed by atoms with Gasteiger partial charge in [-0.2, -0.15) is 0 Å². The van der Waals surface area contributed by atoms with Gasteiger partial charge in [-0.3, -0.25) is 4.79 Å². The number of hydrogen-bond donors (Lipinski definition) is 3. The number of carbonyl (C=O) groups is 1. The second-order valence-electron chi connectivity index (χ2n) is 5.45. The quantitative estimate of drug-likeness (QED) is 0.718. The van der Waals surface area contributed by atoms with E-state index in [9.17, 15) is 15.0 Å². The van der Waals surface area contributed by atoms with E-state index in [0.29, 0.717) is 13.0 Å². The zero-order chi connectivity index (χ0) is 15.9. The highest BCUT2D eigenvalue weighted by Crippen LogP contribution is 2.26. The summed E-state index contributed by atoms with van der Waals surface area (Å²) in [4.78, 5) is 12.1. The number of carbonyl (C=O) groups excluding carboxylic acids is 1. The number of benzene rings is 2. The van der Waals surface area contributed by atoms with Crippen LogP contribution < -0.4 is 5.32 Å². The van der Waals surface area contributed by atoms with Gasteiger partial charge < -0.3 is 15.5 Å². The molecule has 0 aliphatic rings. The standard InChI is InChI=1S/C18H21NO3/c1-13(11-15-7-8-16(20)17(21)12-15)18(22)19-10-9-14-5-3-2-4-6-14/h2-8,12-13,20-21H,9-11H2,1H3,(H,19,22). The maximum atomic E-state index is 12.1. The van der Waals surface area contributed by atoms with Crippen LogP contribution in [0.2, 0.25) is 0 Å². The van der Waals surface area contributed by atoms with Crippen molar-refractivity contribution in [3.8, 4) is 11.5 Å². The minimum Gasteiger partial charge on any atom is -0.504 e. The molecule has 0 fully saturated rings. The molecule has 0 aliphatic heterocycles. The molecule has 116 valence electrons. The molecule has 0 saturated carbocycles. The zero-order valence-electron chi connectivity index (χ0n) is 12.6. The Hall–Kier alpha value is -2.49. The van der Waals surface area contributed by atoms with Gasteiger partial charge in [-0.25, -0.2) is 0 Å². The van der Waals surface area contributed by atoms with Crippen LogP contribution in [0.25, 0.3) is 0 Å². The molecule has 0 aromatic heterocycles. The fourth-order valence-electron chi connectivity index (χ4n) is 2.29. The van der Waals surface area contributed by atoms with E-state index in [4.69, 9.17) is 0 Å². The number of nitrogens with one attached hydrogen (secondary N) is 1. The normalized spacial score (nSPS) is 11.9. The number of phenols is 2. The van der Waals surface area contributed by atoms with E-state index >= 15 is 0 Å². The smallest absolute Gasteiger partial charge is 0.223 e. The lowest BCUT2D eigenvalue weighted by Gasteiger charge is -2.13. The highest BCUT2D eigenvalue weighted by Gasteiger charge is 2.14. The molecule has 2 rings (SSSR count). The van der Waals surface area contributed by atoms with E-state index in [-0.39, 0.29) is 23.3 Å². The van der Waals surface area contributed by atoms with Gasteiger partial charge in [-0.05, 0) is 36.1 Å². The third kappa shape index (κ3) is 4.52. The Morgan fingerprint density at radius 1 is 1.05 bits per heavy atom. The Morgan fingerprint density at radius 3 is 2.45 bits per heavy atom. The molecule has 4 nitrogen and oxygen atoms in total. The number of phenolic OH excluding ortho intramolecular Hbond substituents is 2. The summed E-state index contributed by atoms with van der Waals surface area (Å²) in [6, 6.07) is 14.6. The minimum absolute atomic E-state index is 0.0107. The molecule has 1 amide bonds. The largest absolute Gasteiger partial charge is 0.504 e. The van der Waals surface area contributed by atoms with Crippen LogP contribution in [0.1, 0.15) is 18.1 Å². The summed E-state index contributed by atoms with van der Waals surface area (Å²) in [6.07, 6.45) is 1.32. The van der Waals surface area contributed by atoms with Crippen molar-refractivity contribution in [2.24, 2.45) is 5.92 Å². The first-order chi connectivity index (χ1) is 10.6.